The highest BCUT2D eigenvalue weighted by atomic mass is 32.2. The van der Waals surface area contributed by atoms with Gasteiger partial charge >= 0.3 is 0 Å². The number of nitrogens with two attached hydrogens (primary N) is 1. The van der Waals surface area contributed by atoms with Crippen molar-refractivity contribution < 1.29 is 12.8 Å². The van der Waals surface area contributed by atoms with Crippen molar-refractivity contribution in [3.8, 4) is 0 Å². The fraction of sp³-hybridized carbons (Fsp3) is 0.600. The molecule has 1 aliphatic rings. The molecule has 0 bridgehead atoms. The van der Waals surface area contributed by atoms with Crippen LogP contribution in [0.5, 0.6) is 0 Å². The second-order valence-electron chi connectivity index (χ2n) is 5.67. The second-order valence-corrected chi connectivity index (χ2v) is 7.53. The maximum Gasteiger partial charge on any atom is 0.246 e. The van der Waals surface area contributed by atoms with Gasteiger partial charge in [0, 0.05) is 18.3 Å². The molecular formula is C15H23FN2O2S. The minimum Gasteiger partial charge on any atom is -0.398 e. The van der Waals surface area contributed by atoms with Crippen molar-refractivity contribution in [2.45, 2.75) is 56.9 Å². The Hall–Kier alpha value is -1.14. The zero-order chi connectivity index (χ0) is 15.6. The van der Waals surface area contributed by atoms with Crippen molar-refractivity contribution in [2.75, 3.05) is 12.3 Å². The molecular weight excluding hydrogens is 291 g/mol. The van der Waals surface area contributed by atoms with Crippen LogP contribution in [0.3, 0.4) is 0 Å². The number of halogens is 1. The number of aryl methyl sites for hydroxylation is 1. The molecule has 1 heterocycles. The lowest BCUT2D eigenvalue weighted by Gasteiger charge is -2.28. The van der Waals surface area contributed by atoms with Gasteiger partial charge in [0.25, 0.3) is 0 Å². The molecule has 1 fully saturated rings. The highest BCUT2D eigenvalue weighted by Gasteiger charge is 2.33. The Kier molecular flexibility index (Phi) is 4.88. The summed E-state index contributed by atoms with van der Waals surface area (Å²) in [4.78, 5) is -0.300. The lowest BCUT2D eigenvalue weighted by atomic mass is 10.1. The van der Waals surface area contributed by atoms with Crippen LogP contribution < -0.4 is 5.73 Å². The molecule has 1 saturated heterocycles. The molecule has 0 amide bonds. The molecule has 1 aromatic carbocycles. The molecule has 2 rings (SSSR count). The largest absolute Gasteiger partial charge is 0.398 e. The highest BCUT2D eigenvalue weighted by molar-refractivity contribution is 7.89. The van der Waals surface area contributed by atoms with Crippen LogP contribution in [0.4, 0.5) is 10.1 Å². The van der Waals surface area contributed by atoms with Crippen molar-refractivity contribution in [1.29, 1.82) is 0 Å². The van der Waals surface area contributed by atoms with Gasteiger partial charge in [-0.2, -0.15) is 4.31 Å². The quantitative estimate of drug-likeness (QED) is 0.872. The predicted octanol–water partition coefficient (Wildman–Crippen LogP) is 3.06. The molecule has 1 aromatic rings. The van der Waals surface area contributed by atoms with Crippen molar-refractivity contribution in [1.82, 2.24) is 4.31 Å². The Bertz CT molecular complexity index is 616. The molecule has 2 N–H and O–H groups in total. The van der Waals surface area contributed by atoms with Crippen molar-refractivity contribution in [2.24, 2.45) is 0 Å². The first-order valence-corrected chi connectivity index (χ1v) is 8.89. The van der Waals surface area contributed by atoms with Gasteiger partial charge in [-0.05, 0) is 43.9 Å². The molecule has 0 aliphatic carbocycles. The number of anilines is 1. The van der Waals surface area contributed by atoms with Crippen LogP contribution in [0.25, 0.3) is 0 Å². The third-order valence-electron chi connectivity index (χ3n) is 4.20. The van der Waals surface area contributed by atoms with Crippen LogP contribution in [0.1, 0.15) is 44.6 Å². The first-order valence-electron chi connectivity index (χ1n) is 7.45. The average molecular weight is 314 g/mol. The zero-order valence-corrected chi connectivity index (χ0v) is 13.4. The third kappa shape index (κ3) is 3.21. The highest BCUT2D eigenvalue weighted by Crippen LogP contribution is 2.29. The standard InChI is InChI=1S/C15H23FN2O2S/c1-3-12-7-5-4-6-8-18(12)21(19,20)15-10-14(17)11(2)9-13(15)16/h9-10,12H,3-8,17H2,1-2H3. The monoisotopic (exact) mass is 314 g/mol. The summed E-state index contributed by atoms with van der Waals surface area (Å²) in [5.74, 6) is -0.721. The third-order valence-corrected chi connectivity index (χ3v) is 6.17. The van der Waals surface area contributed by atoms with E-state index in [1.165, 1.54) is 16.4 Å². The molecule has 1 atom stereocenters. The van der Waals surface area contributed by atoms with Gasteiger partial charge < -0.3 is 5.73 Å². The zero-order valence-electron chi connectivity index (χ0n) is 12.6. The van der Waals surface area contributed by atoms with Gasteiger partial charge in [0.1, 0.15) is 10.7 Å². The fourth-order valence-corrected chi connectivity index (χ4v) is 4.72. The Morgan fingerprint density at radius 2 is 2.05 bits per heavy atom. The number of nitrogens with zero attached hydrogens (tertiary/aromatic N) is 1. The molecule has 6 heteroatoms. The van der Waals surface area contributed by atoms with E-state index >= 15 is 0 Å². The smallest absolute Gasteiger partial charge is 0.246 e. The van der Waals surface area contributed by atoms with E-state index in [0.717, 1.165) is 32.1 Å². The van der Waals surface area contributed by atoms with Gasteiger partial charge in [-0.1, -0.05) is 19.8 Å². The van der Waals surface area contributed by atoms with Crippen LogP contribution in [0, 0.1) is 12.7 Å². The number of nitrogen functional groups attached to an aromatic ring is 1. The molecule has 0 aromatic heterocycles. The van der Waals surface area contributed by atoms with Crippen LogP contribution >= 0.6 is 0 Å². The summed E-state index contributed by atoms with van der Waals surface area (Å²) in [7, 11) is -3.84. The summed E-state index contributed by atoms with van der Waals surface area (Å²) in [5.41, 5.74) is 6.62. The first kappa shape index (κ1) is 16.2. The Morgan fingerprint density at radius 1 is 1.33 bits per heavy atom. The number of hydrogen-bond acceptors (Lipinski definition) is 3. The summed E-state index contributed by atoms with van der Waals surface area (Å²) in [6, 6.07) is 2.39. The number of benzene rings is 1. The Balaban J connectivity index is 2.47. The van der Waals surface area contributed by atoms with Crippen molar-refractivity contribution >= 4 is 15.7 Å². The summed E-state index contributed by atoms with van der Waals surface area (Å²) in [5, 5.41) is 0. The molecule has 0 radical (unpaired) electrons. The van der Waals surface area contributed by atoms with Crippen molar-refractivity contribution in [3.63, 3.8) is 0 Å². The van der Waals surface area contributed by atoms with Crippen LogP contribution in [0.2, 0.25) is 0 Å². The second kappa shape index (κ2) is 6.32. The first-order chi connectivity index (χ1) is 9.87. The normalized spacial score (nSPS) is 21.2. The van der Waals surface area contributed by atoms with Gasteiger partial charge in [0.2, 0.25) is 10.0 Å². The van der Waals surface area contributed by atoms with Gasteiger partial charge in [0.15, 0.2) is 0 Å². The molecule has 4 nitrogen and oxygen atoms in total. The molecule has 0 saturated carbocycles. The molecule has 0 spiro atoms. The summed E-state index contributed by atoms with van der Waals surface area (Å²) in [6.07, 6.45) is 4.42. The van der Waals surface area contributed by atoms with E-state index < -0.39 is 15.8 Å². The van der Waals surface area contributed by atoms with Crippen LogP contribution in [-0.4, -0.2) is 25.3 Å². The topological polar surface area (TPSA) is 63.4 Å². The Labute approximate surface area is 126 Å². The lowest BCUT2D eigenvalue weighted by Crippen LogP contribution is -2.40. The molecule has 21 heavy (non-hydrogen) atoms. The van der Waals surface area contributed by atoms with E-state index in [9.17, 15) is 12.8 Å². The fourth-order valence-electron chi connectivity index (χ4n) is 2.87. The lowest BCUT2D eigenvalue weighted by molar-refractivity contribution is 0.313. The average Bonchev–Trinajstić information content (AvgIpc) is 2.68. The van der Waals surface area contributed by atoms with Gasteiger partial charge in [-0.3, -0.25) is 0 Å². The Morgan fingerprint density at radius 3 is 2.71 bits per heavy atom. The van der Waals surface area contributed by atoms with E-state index in [1.54, 1.807) is 6.92 Å². The van der Waals surface area contributed by atoms with E-state index in [-0.39, 0.29) is 10.9 Å². The summed E-state index contributed by atoms with van der Waals surface area (Å²) in [6.45, 7) is 4.09. The van der Waals surface area contributed by atoms with Crippen LogP contribution in [0.15, 0.2) is 17.0 Å². The molecule has 118 valence electrons. The number of sulfonamides is 1. The minimum atomic E-state index is -3.84. The maximum atomic E-state index is 14.2. The van der Waals surface area contributed by atoms with Gasteiger partial charge in [0.05, 0.1) is 0 Å². The van der Waals surface area contributed by atoms with E-state index in [1.807, 2.05) is 6.92 Å². The van der Waals surface area contributed by atoms with Crippen LogP contribution in [-0.2, 0) is 10.0 Å². The number of rotatable bonds is 3. The number of hydrogen-bond donors (Lipinski definition) is 1. The summed E-state index contributed by atoms with van der Waals surface area (Å²) < 4.78 is 41.3. The van der Waals surface area contributed by atoms with E-state index in [2.05, 4.69) is 0 Å². The maximum absolute atomic E-state index is 14.2. The molecule has 1 unspecified atom stereocenters. The van der Waals surface area contributed by atoms with Gasteiger partial charge in [-0.15, -0.1) is 0 Å². The minimum absolute atomic E-state index is 0.0561. The van der Waals surface area contributed by atoms with Crippen molar-refractivity contribution in [3.05, 3.63) is 23.5 Å². The predicted molar refractivity (Wildman–Crippen MR) is 82.0 cm³/mol. The van der Waals surface area contributed by atoms with E-state index in [0.29, 0.717) is 17.8 Å². The van der Waals surface area contributed by atoms with E-state index in [4.69, 9.17) is 5.73 Å². The SMILES string of the molecule is CCC1CCCCCN1S(=O)(=O)c1cc(N)c(C)cc1F. The molecule has 1 aliphatic heterocycles. The van der Waals surface area contributed by atoms with Gasteiger partial charge in [-0.25, -0.2) is 12.8 Å². The summed E-state index contributed by atoms with van der Waals surface area (Å²) >= 11 is 0.